The summed E-state index contributed by atoms with van der Waals surface area (Å²) in [4.78, 5) is 6.96. The van der Waals surface area contributed by atoms with Crippen LogP contribution >= 0.6 is 11.6 Å². The molecule has 1 atom stereocenters. The second-order valence-corrected chi connectivity index (χ2v) is 3.69. The fraction of sp³-hybridized carbons (Fsp3) is 0.182. The van der Waals surface area contributed by atoms with Crippen molar-refractivity contribution in [2.24, 2.45) is 0 Å². The number of benzene rings is 1. The maximum atomic E-state index is 6.21. The molecule has 0 fully saturated rings. The minimum atomic E-state index is -0.0279. The van der Waals surface area contributed by atoms with Gasteiger partial charge in [0.25, 0.3) is 0 Å². The number of nitrogens with one attached hydrogen (secondary N) is 1. The van der Waals surface area contributed by atoms with Crippen LogP contribution in [0, 0.1) is 0 Å². The number of hydrogen-bond acceptors (Lipinski definition) is 1. The average molecular weight is 207 g/mol. The topological polar surface area (TPSA) is 28.7 Å². The Morgan fingerprint density at radius 1 is 1.29 bits per heavy atom. The van der Waals surface area contributed by atoms with Gasteiger partial charge in [-0.05, 0) is 12.0 Å². The third-order valence-electron chi connectivity index (χ3n) is 2.11. The Labute approximate surface area is 88.0 Å². The highest BCUT2D eigenvalue weighted by Gasteiger charge is 2.09. The average Bonchev–Trinajstić information content (AvgIpc) is 2.72. The summed E-state index contributed by atoms with van der Waals surface area (Å²) in [5.74, 6) is 0. The van der Waals surface area contributed by atoms with Crippen LogP contribution < -0.4 is 0 Å². The number of H-pyrrole nitrogens is 1. The monoisotopic (exact) mass is 206 g/mol. The Morgan fingerprint density at radius 3 is 2.71 bits per heavy atom. The molecular formula is C11H11ClN2. The number of aromatic nitrogens is 2. The number of hydrogen-bond donors (Lipinski definition) is 1. The van der Waals surface area contributed by atoms with Crippen molar-refractivity contribution >= 4 is 11.6 Å². The lowest BCUT2D eigenvalue weighted by atomic mass is 10.1. The van der Waals surface area contributed by atoms with Crippen LogP contribution in [0.2, 0.25) is 0 Å². The number of aromatic amines is 1. The van der Waals surface area contributed by atoms with Gasteiger partial charge in [-0.3, -0.25) is 0 Å². The zero-order chi connectivity index (χ0) is 9.80. The van der Waals surface area contributed by atoms with Gasteiger partial charge in [-0.25, -0.2) is 4.98 Å². The Hall–Kier alpha value is -1.28. The van der Waals surface area contributed by atoms with E-state index in [2.05, 4.69) is 22.1 Å². The fourth-order valence-corrected chi connectivity index (χ4v) is 1.67. The lowest BCUT2D eigenvalue weighted by molar-refractivity contribution is 0.887. The smallest absolute Gasteiger partial charge is 0.0922 e. The van der Waals surface area contributed by atoms with Crippen molar-refractivity contribution in [3.63, 3.8) is 0 Å². The highest BCUT2D eigenvalue weighted by atomic mass is 35.5. The minimum Gasteiger partial charge on any atom is -0.347 e. The van der Waals surface area contributed by atoms with Gasteiger partial charge in [0, 0.05) is 6.20 Å². The van der Waals surface area contributed by atoms with Crippen molar-refractivity contribution in [3.05, 3.63) is 54.1 Å². The van der Waals surface area contributed by atoms with Crippen molar-refractivity contribution in [2.45, 2.75) is 11.8 Å². The number of nitrogens with zero attached hydrogens (tertiary/aromatic N) is 1. The zero-order valence-electron chi connectivity index (χ0n) is 7.65. The molecule has 2 aromatic rings. The first kappa shape index (κ1) is 9.28. The summed E-state index contributed by atoms with van der Waals surface area (Å²) in [5.41, 5.74) is 2.21. The summed E-state index contributed by atoms with van der Waals surface area (Å²) in [6, 6.07) is 10.2. The lowest BCUT2D eigenvalue weighted by Crippen LogP contribution is -1.95. The molecule has 72 valence electrons. The highest BCUT2D eigenvalue weighted by Crippen LogP contribution is 2.22. The predicted octanol–water partition coefficient (Wildman–Crippen LogP) is 2.93. The van der Waals surface area contributed by atoms with E-state index in [1.807, 2.05) is 18.2 Å². The van der Waals surface area contributed by atoms with Crippen LogP contribution in [0.1, 0.15) is 16.6 Å². The van der Waals surface area contributed by atoms with Crippen LogP contribution in [-0.2, 0) is 6.42 Å². The van der Waals surface area contributed by atoms with E-state index >= 15 is 0 Å². The van der Waals surface area contributed by atoms with Crippen LogP contribution in [0.5, 0.6) is 0 Å². The molecule has 1 N–H and O–H groups in total. The molecule has 14 heavy (non-hydrogen) atoms. The van der Waals surface area contributed by atoms with Crippen LogP contribution in [0.4, 0.5) is 0 Å². The van der Waals surface area contributed by atoms with Gasteiger partial charge in [0.1, 0.15) is 0 Å². The molecular weight excluding hydrogens is 196 g/mol. The van der Waals surface area contributed by atoms with E-state index < -0.39 is 0 Å². The van der Waals surface area contributed by atoms with Crippen molar-refractivity contribution in [3.8, 4) is 0 Å². The second-order valence-electron chi connectivity index (χ2n) is 3.16. The van der Waals surface area contributed by atoms with Gasteiger partial charge in [0.15, 0.2) is 0 Å². The van der Waals surface area contributed by atoms with E-state index in [-0.39, 0.29) is 5.38 Å². The SMILES string of the molecule is ClC(Cc1ccccc1)c1cnc[nH]1. The molecule has 3 heteroatoms. The van der Waals surface area contributed by atoms with Gasteiger partial charge < -0.3 is 4.98 Å². The molecule has 0 aliphatic heterocycles. The molecule has 2 rings (SSSR count). The van der Waals surface area contributed by atoms with Crippen molar-refractivity contribution in [2.75, 3.05) is 0 Å². The van der Waals surface area contributed by atoms with E-state index in [4.69, 9.17) is 11.6 Å². The summed E-state index contributed by atoms with van der Waals surface area (Å²) < 4.78 is 0. The first-order chi connectivity index (χ1) is 6.86. The fourth-order valence-electron chi connectivity index (χ4n) is 1.37. The van der Waals surface area contributed by atoms with Gasteiger partial charge in [-0.15, -0.1) is 11.6 Å². The molecule has 1 heterocycles. The number of rotatable bonds is 3. The van der Waals surface area contributed by atoms with Crippen LogP contribution in [0.25, 0.3) is 0 Å². The number of halogens is 1. The molecule has 2 nitrogen and oxygen atoms in total. The Kier molecular flexibility index (Phi) is 2.84. The summed E-state index contributed by atoms with van der Waals surface area (Å²) >= 11 is 6.21. The molecule has 1 aromatic heterocycles. The van der Waals surface area contributed by atoms with Gasteiger partial charge in [-0.2, -0.15) is 0 Å². The first-order valence-corrected chi connectivity index (χ1v) is 4.96. The molecule has 0 amide bonds. The van der Waals surface area contributed by atoms with Crippen LogP contribution in [0.3, 0.4) is 0 Å². The van der Waals surface area contributed by atoms with E-state index in [1.54, 1.807) is 12.5 Å². The molecule has 0 aliphatic rings. The standard InChI is InChI=1S/C11H11ClN2/c12-10(11-7-13-8-14-11)6-9-4-2-1-3-5-9/h1-5,7-8,10H,6H2,(H,13,14). The van der Waals surface area contributed by atoms with Crippen molar-refractivity contribution in [1.29, 1.82) is 0 Å². The molecule has 0 aliphatic carbocycles. The molecule has 0 bridgehead atoms. The van der Waals surface area contributed by atoms with E-state index in [0.29, 0.717) is 0 Å². The maximum absolute atomic E-state index is 6.21. The summed E-state index contributed by atoms with van der Waals surface area (Å²) in [6.07, 6.45) is 4.24. The van der Waals surface area contributed by atoms with E-state index in [9.17, 15) is 0 Å². The third kappa shape index (κ3) is 2.15. The molecule has 0 saturated heterocycles. The normalized spacial score (nSPS) is 12.6. The van der Waals surface area contributed by atoms with Gasteiger partial charge >= 0.3 is 0 Å². The minimum absolute atomic E-state index is 0.0279. The Bertz CT molecular complexity index is 369. The number of imidazole rings is 1. The van der Waals surface area contributed by atoms with Crippen molar-refractivity contribution in [1.82, 2.24) is 9.97 Å². The second kappa shape index (κ2) is 4.29. The highest BCUT2D eigenvalue weighted by molar-refractivity contribution is 6.20. The zero-order valence-corrected chi connectivity index (χ0v) is 8.41. The Morgan fingerprint density at radius 2 is 2.07 bits per heavy atom. The Balaban J connectivity index is 2.06. The van der Waals surface area contributed by atoms with Gasteiger partial charge in [0.05, 0.1) is 17.4 Å². The van der Waals surface area contributed by atoms with Crippen LogP contribution in [-0.4, -0.2) is 9.97 Å². The molecule has 0 saturated carbocycles. The largest absolute Gasteiger partial charge is 0.347 e. The van der Waals surface area contributed by atoms with E-state index in [1.165, 1.54) is 5.56 Å². The summed E-state index contributed by atoms with van der Waals surface area (Å²) in [7, 11) is 0. The summed E-state index contributed by atoms with van der Waals surface area (Å²) in [6.45, 7) is 0. The molecule has 0 radical (unpaired) electrons. The van der Waals surface area contributed by atoms with Gasteiger partial charge in [-0.1, -0.05) is 30.3 Å². The number of alkyl halides is 1. The van der Waals surface area contributed by atoms with Gasteiger partial charge in [0.2, 0.25) is 0 Å². The molecule has 1 aromatic carbocycles. The predicted molar refractivity (Wildman–Crippen MR) is 57.3 cm³/mol. The van der Waals surface area contributed by atoms with Crippen LogP contribution in [0.15, 0.2) is 42.9 Å². The molecule has 0 spiro atoms. The molecule has 1 unspecified atom stereocenters. The van der Waals surface area contributed by atoms with E-state index in [0.717, 1.165) is 12.1 Å². The van der Waals surface area contributed by atoms with Crippen molar-refractivity contribution < 1.29 is 0 Å². The quantitative estimate of drug-likeness (QED) is 0.769. The summed E-state index contributed by atoms with van der Waals surface area (Å²) in [5, 5.41) is -0.0279. The maximum Gasteiger partial charge on any atom is 0.0922 e. The lowest BCUT2D eigenvalue weighted by Gasteiger charge is -2.06. The third-order valence-corrected chi connectivity index (χ3v) is 2.50. The first-order valence-electron chi connectivity index (χ1n) is 4.52.